The maximum atomic E-state index is 12.5. The Kier molecular flexibility index (Phi) is 5.65. The van der Waals surface area contributed by atoms with Gasteiger partial charge in [-0.15, -0.1) is 0 Å². The van der Waals surface area contributed by atoms with Crippen molar-refractivity contribution in [1.29, 1.82) is 0 Å². The summed E-state index contributed by atoms with van der Waals surface area (Å²) in [4.78, 5) is 50.2. The molecule has 2 amide bonds. The average Bonchev–Trinajstić information content (AvgIpc) is 2.97. The first-order valence-corrected chi connectivity index (χ1v) is 10.4. The van der Waals surface area contributed by atoms with Gasteiger partial charge in [0, 0.05) is 30.0 Å². The predicted molar refractivity (Wildman–Crippen MR) is 118 cm³/mol. The highest BCUT2D eigenvalue weighted by Gasteiger charge is 2.35. The second-order valence-corrected chi connectivity index (χ2v) is 8.10. The molecule has 1 aliphatic rings. The Labute approximate surface area is 184 Å². The highest BCUT2D eigenvalue weighted by Crippen LogP contribution is 2.25. The third-order valence-corrected chi connectivity index (χ3v) is 5.72. The van der Waals surface area contributed by atoms with E-state index in [-0.39, 0.29) is 31.4 Å². The molecule has 0 saturated carbocycles. The topological polar surface area (TPSA) is 93.9 Å². The minimum Gasteiger partial charge on any atom is -0.461 e. The maximum absolute atomic E-state index is 12.5. The van der Waals surface area contributed by atoms with Crippen LogP contribution in [-0.4, -0.2) is 29.2 Å². The Hall–Kier alpha value is -3.74. The van der Waals surface area contributed by atoms with E-state index in [2.05, 4.69) is 0 Å². The molecule has 3 aromatic rings. The van der Waals surface area contributed by atoms with Crippen LogP contribution in [0.2, 0.25) is 0 Å². The van der Waals surface area contributed by atoms with Gasteiger partial charge in [-0.2, -0.15) is 0 Å². The van der Waals surface area contributed by atoms with Crippen LogP contribution < -0.4 is 5.63 Å². The molecule has 32 heavy (non-hydrogen) atoms. The first kappa shape index (κ1) is 21.5. The van der Waals surface area contributed by atoms with Crippen LogP contribution in [0.15, 0.2) is 45.6 Å². The first-order valence-electron chi connectivity index (χ1n) is 10.4. The zero-order valence-electron chi connectivity index (χ0n) is 18.2. The lowest BCUT2D eigenvalue weighted by Crippen LogP contribution is -2.31. The summed E-state index contributed by atoms with van der Waals surface area (Å²) in [6.45, 7) is 5.82. The fourth-order valence-electron chi connectivity index (χ4n) is 3.82. The van der Waals surface area contributed by atoms with Gasteiger partial charge in [0.15, 0.2) is 0 Å². The number of benzene rings is 2. The molecule has 0 saturated heterocycles. The van der Waals surface area contributed by atoms with Crippen molar-refractivity contribution < 1.29 is 23.5 Å². The number of amides is 2. The molecule has 0 N–H and O–H groups in total. The van der Waals surface area contributed by atoms with Crippen molar-refractivity contribution >= 4 is 28.8 Å². The van der Waals surface area contributed by atoms with E-state index in [1.54, 1.807) is 24.3 Å². The fraction of sp³-hybridized carbons (Fsp3) is 0.280. The number of hydrogen-bond acceptors (Lipinski definition) is 6. The van der Waals surface area contributed by atoms with Gasteiger partial charge >= 0.3 is 11.6 Å². The van der Waals surface area contributed by atoms with Crippen LogP contribution in [0.1, 0.15) is 55.8 Å². The molecule has 0 spiro atoms. The van der Waals surface area contributed by atoms with Crippen LogP contribution in [0.4, 0.5) is 0 Å². The molecule has 164 valence electrons. The van der Waals surface area contributed by atoms with Crippen LogP contribution in [-0.2, 0) is 16.1 Å². The molecule has 1 aromatic heterocycles. The third kappa shape index (κ3) is 4.06. The molecule has 7 heteroatoms. The van der Waals surface area contributed by atoms with E-state index in [9.17, 15) is 19.2 Å². The summed E-state index contributed by atoms with van der Waals surface area (Å²) in [6.07, 6.45) is 0.337. The number of carbonyl (C=O) groups excluding carboxylic acids is 3. The number of fused-ring (bicyclic) bond motifs is 2. The minimum absolute atomic E-state index is 0.0456. The number of imide groups is 1. The van der Waals surface area contributed by atoms with E-state index in [0.717, 1.165) is 22.1 Å². The van der Waals surface area contributed by atoms with Crippen LogP contribution in [0.25, 0.3) is 11.0 Å². The van der Waals surface area contributed by atoms with Gasteiger partial charge < -0.3 is 9.15 Å². The third-order valence-electron chi connectivity index (χ3n) is 5.72. The highest BCUT2D eigenvalue weighted by atomic mass is 16.5. The maximum Gasteiger partial charge on any atom is 0.336 e. The Morgan fingerprint density at radius 1 is 0.938 bits per heavy atom. The molecule has 0 unspecified atom stereocenters. The lowest BCUT2D eigenvalue weighted by molar-refractivity contribution is -0.145. The van der Waals surface area contributed by atoms with Crippen LogP contribution in [0, 0.1) is 20.8 Å². The summed E-state index contributed by atoms with van der Waals surface area (Å²) in [5.41, 5.74) is 4.25. The largest absolute Gasteiger partial charge is 0.461 e. The van der Waals surface area contributed by atoms with Gasteiger partial charge in [0.2, 0.25) is 0 Å². The monoisotopic (exact) mass is 433 g/mol. The van der Waals surface area contributed by atoms with Gasteiger partial charge in [-0.05, 0) is 62.6 Å². The number of ether oxygens (including phenoxy) is 1. The number of aryl methyl sites for hydroxylation is 3. The number of rotatable bonds is 6. The first-order chi connectivity index (χ1) is 15.2. The van der Waals surface area contributed by atoms with E-state index < -0.39 is 11.6 Å². The molecule has 2 heterocycles. The molecule has 7 nitrogen and oxygen atoms in total. The predicted octanol–water partition coefficient (Wildman–Crippen LogP) is 3.84. The molecule has 0 fully saturated rings. The van der Waals surface area contributed by atoms with Crippen LogP contribution in [0.5, 0.6) is 0 Å². The smallest absolute Gasteiger partial charge is 0.336 e. The zero-order chi connectivity index (χ0) is 23.0. The number of nitrogens with zero attached hydrogens (tertiary/aromatic N) is 1. The highest BCUT2D eigenvalue weighted by molar-refractivity contribution is 6.21. The van der Waals surface area contributed by atoms with Crippen molar-refractivity contribution in [1.82, 2.24) is 4.90 Å². The van der Waals surface area contributed by atoms with Gasteiger partial charge in [-0.25, -0.2) is 4.79 Å². The summed E-state index contributed by atoms with van der Waals surface area (Å²) in [5, 5.41) is 0.724. The van der Waals surface area contributed by atoms with E-state index in [0.29, 0.717) is 28.7 Å². The fourth-order valence-corrected chi connectivity index (χ4v) is 3.82. The van der Waals surface area contributed by atoms with E-state index in [1.165, 1.54) is 11.0 Å². The Bertz CT molecular complexity index is 1320. The quantitative estimate of drug-likeness (QED) is 0.333. The van der Waals surface area contributed by atoms with Gasteiger partial charge in [0.25, 0.3) is 11.8 Å². The van der Waals surface area contributed by atoms with Crippen molar-refractivity contribution in [2.75, 3.05) is 6.54 Å². The van der Waals surface area contributed by atoms with E-state index >= 15 is 0 Å². The van der Waals surface area contributed by atoms with Gasteiger partial charge in [0.05, 0.1) is 11.1 Å². The molecule has 1 aliphatic heterocycles. The Morgan fingerprint density at radius 2 is 1.66 bits per heavy atom. The normalized spacial score (nSPS) is 13.0. The molecule has 0 bridgehead atoms. The second-order valence-electron chi connectivity index (χ2n) is 8.10. The lowest BCUT2D eigenvalue weighted by Gasteiger charge is -2.13. The summed E-state index contributed by atoms with van der Waals surface area (Å²) >= 11 is 0. The van der Waals surface area contributed by atoms with Crippen molar-refractivity contribution in [3.63, 3.8) is 0 Å². The van der Waals surface area contributed by atoms with Crippen LogP contribution in [0.3, 0.4) is 0 Å². The summed E-state index contributed by atoms with van der Waals surface area (Å²) < 4.78 is 10.6. The van der Waals surface area contributed by atoms with Crippen LogP contribution >= 0.6 is 0 Å². The van der Waals surface area contributed by atoms with E-state index in [4.69, 9.17) is 9.15 Å². The van der Waals surface area contributed by atoms with Crippen molar-refractivity contribution in [2.45, 2.75) is 40.2 Å². The molecule has 0 radical (unpaired) electrons. The summed E-state index contributed by atoms with van der Waals surface area (Å²) in [6, 6.07) is 10.2. The molecule has 0 atom stereocenters. The summed E-state index contributed by atoms with van der Waals surface area (Å²) in [7, 11) is 0. The minimum atomic E-state index is -0.507. The average molecular weight is 433 g/mol. The number of carbonyl (C=O) groups is 3. The SMILES string of the molecule is Cc1ccc2c(c1)C(=O)N(CCCC(=O)OCc1cc(=O)oc3cc(C)c(C)cc13)C2=O. The standard InChI is InChI=1S/C25H23NO6/c1-14-6-7-18-20(9-14)25(30)26(24(18)29)8-4-5-22(27)31-13-17-12-23(28)32-21-11-16(3)15(2)10-19(17)21/h6-7,9-12H,4-5,8,13H2,1-3H3. The van der Waals surface area contributed by atoms with E-state index in [1.807, 2.05) is 26.8 Å². The number of esters is 1. The lowest BCUT2D eigenvalue weighted by atomic mass is 10.0. The second kappa shape index (κ2) is 8.42. The molecule has 4 rings (SSSR count). The van der Waals surface area contributed by atoms with Crippen molar-refractivity contribution in [2.24, 2.45) is 0 Å². The van der Waals surface area contributed by atoms with Crippen molar-refractivity contribution in [3.05, 3.63) is 80.2 Å². The van der Waals surface area contributed by atoms with Crippen molar-refractivity contribution in [3.8, 4) is 0 Å². The molecule has 0 aliphatic carbocycles. The van der Waals surface area contributed by atoms with Gasteiger partial charge in [-0.3, -0.25) is 19.3 Å². The zero-order valence-corrected chi connectivity index (χ0v) is 18.2. The molecular formula is C25H23NO6. The molecule has 2 aromatic carbocycles. The number of hydrogen-bond donors (Lipinski definition) is 0. The molecular weight excluding hydrogens is 410 g/mol. The summed E-state index contributed by atoms with van der Waals surface area (Å²) in [5.74, 6) is -1.15. The Balaban J connectivity index is 1.36. The van der Waals surface area contributed by atoms with Gasteiger partial charge in [-0.1, -0.05) is 11.6 Å². The van der Waals surface area contributed by atoms with Gasteiger partial charge in [0.1, 0.15) is 12.2 Å². The Morgan fingerprint density at radius 3 is 2.44 bits per heavy atom.